The van der Waals surface area contributed by atoms with E-state index in [0.717, 1.165) is 0 Å². The van der Waals surface area contributed by atoms with E-state index in [0.29, 0.717) is 0 Å². The Hall–Kier alpha value is -0.400. The van der Waals surface area contributed by atoms with E-state index in [1.165, 1.54) is 0 Å². The SMILES string of the molecule is N#[N+]c1c(Cl)c(Cl)c(N)c(Cl)c1Cl. The van der Waals surface area contributed by atoms with Crippen LogP contribution in [0.3, 0.4) is 0 Å². The molecule has 0 aliphatic rings. The number of rotatable bonds is 0. The third kappa shape index (κ3) is 1.63. The third-order valence-electron chi connectivity index (χ3n) is 1.37. The molecular formula is C6H2Cl4N3+. The largest absolute Gasteiger partial charge is 0.424 e. The molecule has 13 heavy (non-hydrogen) atoms. The summed E-state index contributed by atoms with van der Waals surface area (Å²) in [5.74, 6) is 0. The van der Waals surface area contributed by atoms with Gasteiger partial charge in [-0.2, -0.15) is 0 Å². The van der Waals surface area contributed by atoms with Gasteiger partial charge in [-0.3, -0.25) is 0 Å². The molecule has 0 aliphatic heterocycles. The van der Waals surface area contributed by atoms with Gasteiger partial charge in [-0.1, -0.05) is 46.4 Å². The van der Waals surface area contributed by atoms with Crippen LogP contribution >= 0.6 is 46.4 Å². The molecule has 7 heteroatoms. The highest BCUT2D eigenvalue weighted by molar-refractivity contribution is 6.52. The average Bonchev–Trinajstić information content (AvgIpc) is 2.13. The second-order valence-corrected chi connectivity index (χ2v) is 3.63. The minimum Gasteiger partial charge on any atom is -0.396 e. The van der Waals surface area contributed by atoms with E-state index in [-0.39, 0.29) is 31.5 Å². The second kappa shape index (κ2) is 3.77. The van der Waals surface area contributed by atoms with Gasteiger partial charge in [-0.15, -0.1) is 0 Å². The summed E-state index contributed by atoms with van der Waals surface area (Å²) in [4.78, 5) is 2.84. The lowest BCUT2D eigenvalue weighted by atomic mass is 10.3. The zero-order chi connectivity index (χ0) is 10.2. The molecule has 0 saturated heterocycles. The lowest BCUT2D eigenvalue weighted by molar-refractivity contribution is 1.46. The number of diazo groups is 1. The molecule has 0 unspecified atom stereocenters. The van der Waals surface area contributed by atoms with Gasteiger partial charge in [0.05, 0.1) is 15.7 Å². The van der Waals surface area contributed by atoms with Crippen LogP contribution in [-0.4, -0.2) is 0 Å². The Kier molecular flexibility index (Phi) is 3.09. The number of halogens is 4. The summed E-state index contributed by atoms with van der Waals surface area (Å²) in [7, 11) is 0. The summed E-state index contributed by atoms with van der Waals surface area (Å²) in [5.41, 5.74) is 5.42. The van der Waals surface area contributed by atoms with Crippen molar-refractivity contribution in [2.45, 2.75) is 0 Å². The quantitative estimate of drug-likeness (QED) is 0.426. The van der Waals surface area contributed by atoms with Crippen molar-refractivity contribution in [3.8, 4) is 0 Å². The zero-order valence-corrected chi connectivity index (χ0v) is 9.01. The molecule has 0 amide bonds. The Labute approximate surface area is 93.9 Å². The molecule has 0 fully saturated rings. The predicted octanol–water partition coefficient (Wildman–Crippen LogP) is 4.37. The van der Waals surface area contributed by atoms with Gasteiger partial charge in [0.2, 0.25) is 5.39 Å². The van der Waals surface area contributed by atoms with E-state index >= 15 is 0 Å². The molecule has 1 aromatic carbocycles. The third-order valence-corrected chi connectivity index (χ3v) is 3.09. The van der Waals surface area contributed by atoms with Gasteiger partial charge >= 0.3 is 5.69 Å². The number of hydrogen-bond donors (Lipinski definition) is 1. The van der Waals surface area contributed by atoms with Crippen molar-refractivity contribution in [3.05, 3.63) is 25.1 Å². The highest BCUT2D eigenvalue weighted by Gasteiger charge is 2.27. The second-order valence-electron chi connectivity index (χ2n) is 2.12. The first-order chi connectivity index (χ1) is 6.00. The maximum absolute atomic E-state index is 8.54. The van der Waals surface area contributed by atoms with Crippen LogP contribution in [-0.2, 0) is 0 Å². The van der Waals surface area contributed by atoms with Crippen LogP contribution in [0, 0.1) is 5.39 Å². The summed E-state index contributed by atoms with van der Waals surface area (Å²) < 4.78 is 0. The number of hydrogen-bond acceptors (Lipinski definition) is 2. The Balaban J connectivity index is 3.69. The Bertz CT molecular complexity index is 380. The van der Waals surface area contributed by atoms with Crippen LogP contribution in [0.25, 0.3) is 4.98 Å². The van der Waals surface area contributed by atoms with E-state index in [1.807, 2.05) is 0 Å². The number of nitrogens with two attached hydrogens (primary N) is 1. The van der Waals surface area contributed by atoms with E-state index in [4.69, 9.17) is 57.5 Å². The van der Waals surface area contributed by atoms with E-state index in [2.05, 4.69) is 4.98 Å². The van der Waals surface area contributed by atoms with Crippen molar-refractivity contribution < 1.29 is 0 Å². The molecule has 1 aromatic rings. The molecule has 0 atom stereocenters. The molecule has 68 valence electrons. The first-order valence-electron chi connectivity index (χ1n) is 2.97. The van der Waals surface area contributed by atoms with Gasteiger partial charge < -0.3 is 5.73 Å². The van der Waals surface area contributed by atoms with Gasteiger partial charge in [-0.05, 0) is 0 Å². The van der Waals surface area contributed by atoms with E-state index in [1.54, 1.807) is 0 Å². The van der Waals surface area contributed by atoms with Gasteiger partial charge in [0, 0.05) is 0 Å². The highest BCUT2D eigenvalue weighted by Crippen LogP contribution is 2.47. The molecular weight excluding hydrogens is 256 g/mol. The summed E-state index contributed by atoms with van der Waals surface area (Å²) in [6.45, 7) is 0. The minimum atomic E-state index is -0.0902. The molecule has 0 bridgehead atoms. The van der Waals surface area contributed by atoms with Crippen molar-refractivity contribution in [2.24, 2.45) is 0 Å². The van der Waals surface area contributed by atoms with Gasteiger partial charge in [-0.25, -0.2) is 0 Å². The summed E-state index contributed by atoms with van der Waals surface area (Å²) in [5, 5.41) is 8.51. The van der Waals surface area contributed by atoms with Crippen molar-refractivity contribution in [3.63, 3.8) is 0 Å². The van der Waals surface area contributed by atoms with Gasteiger partial charge in [0.15, 0.2) is 15.0 Å². The molecule has 0 radical (unpaired) electrons. The maximum Gasteiger partial charge on any atom is 0.424 e. The average molecular weight is 258 g/mol. The fourth-order valence-electron chi connectivity index (χ4n) is 0.725. The first-order valence-corrected chi connectivity index (χ1v) is 4.48. The van der Waals surface area contributed by atoms with E-state index < -0.39 is 0 Å². The topological polar surface area (TPSA) is 54.2 Å². The number of benzene rings is 1. The molecule has 0 saturated carbocycles. The number of nitrogens with zero attached hydrogens (tertiary/aromatic N) is 2. The zero-order valence-electron chi connectivity index (χ0n) is 5.98. The molecule has 3 nitrogen and oxygen atoms in total. The van der Waals surface area contributed by atoms with Crippen molar-refractivity contribution in [1.82, 2.24) is 0 Å². The van der Waals surface area contributed by atoms with Crippen LogP contribution in [0.1, 0.15) is 0 Å². The maximum atomic E-state index is 8.54. The molecule has 0 aromatic heterocycles. The summed E-state index contributed by atoms with van der Waals surface area (Å²) >= 11 is 22.7. The predicted molar refractivity (Wildman–Crippen MR) is 55.6 cm³/mol. The van der Waals surface area contributed by atoms with Crippen LogP contribution in [0.5, 0.6) is 0 Å². The Morgan fingerprint density at radius 1 is 0.923 bits per heavy atom. The molecule has 0 heterocycles. The van der Waals surface area contributed by atoms with E-state index in [9.17, 15) is 0 Å². The standard InChI is InChI=1S/C6H2Cl4N3/c7-1-3(9)6(13-12)4(10)2(8)5(1)11/h11H2/q+1. The Morgan fingerprint density at radius 2 is 1.31 bits per heavy atom. The van der Waals surface area contributed by atoms with Crippen molar-refractivity contribution in [2.75, 3.05) is 5.73 Å². The first kappa shape index (κ1) is 10.7. The lowest BCUT2D eigenvalue weighted by Gasteiger charge is -2.01. The van der Waals surface area contributed by atoms with Crippen molar-refractivity contribution in [1.29, 1.82) is 5.39 Å². The number of nitrogen functional groups attached to an aromatic ring is 1. The summed E-state index contributed by atoms with van der Waals surface area (Å²) in [6.07, 6.45) is 0. The molecule has 2 N–H and O–H groups in total. The van der Waals surface area contributed by atoms with Gasteiger partial charge in [0.25, 0.3) is 0 Å². The Morgan fingerprint density at radius 3 is 1.62 bits per heavy atom. The smallest absolute Gasteiger partial charge is 0.396 e. The minimum absolute atomic E-state index is 0.0175. The lowest BCUT2D eigenvalue weighted by Crippen LogP contribution is -1.89. The van der Waals surface area contributed by atoms with Crippen LogP contribution < -0.4 is 5.73 Å². The molecule has 0 spiro atoms. The van der Waals surface area contributed by atoms with Crippen LogP contribution in [0.4, 0.5) is 11.4 Å². The normalized spacial score (nSPS) is 9.77. The highest BCUT2D eigenvalue weighted by atomic mass is 35.5. The van der Waals surface area contributed by atoms with Crippen molar-refractivity contribution >= 4 is 57.8 Å². The van der Waals surface area contributed by atoms with Gasteiger partial charge in [0.1, 0.15) is 0 Å². The summed E-state index contributed by atoms with van der Waals surface area (Å²) in [6, 6.07) is 0. The molecule has 0 aliphatic carbocycles. The number of anilines is 1. The van der Waals surface area contributed by atoms with Crippen LogP contribution in [0.2, 0.25) is 20.1 Å². The fourth-order valence-corrected chi connectivity index (χ4v) is 1.66. The molecule has 1 rings (SSSR count). The van der Waals surface area contributed by atoms with Crippen LogP contribution in [0.15, 0.2) is 0 Å². The fraction of sp³-hybridized carbons (Fsp3) is 0. The monoisotopic (exact) mass is 256 g/mol.